The van der Waals surface area contributed by atoms with Gasteiger partial charge in [-0.1, -0.05) is 5.16 Å². The predicted octanol–water partition coefficient (Wildman–Crippen LogP) is 2.19. The molecule has 0 unspecified atom stereocenters. The molecule has 2 aromatic heterocycles. The minimum absolute atomic E-state index is 0.0354. The summed E-state index contributed by atoms with van der Waals surface area (Å²) in [6.07, 6.45) is 1.54. The van der Waals surface area contributed by atoms with E-state index in [0.717, 1.165) is 18.5 Å². The molecule has 0 radical (unpaired) electrons. The fourth-order valence-corrected chi connectivity index (χ4v) is 3.38. The van der Waals surface area contributed by atoms with Crippen molar-refractivity contribution in [2.24, 2.45) is 0 Å². The summed E-state index contributed by atoms with van der Waals surface area (Å²) in [5.74, 6) is -0.0500. The lowest BCUT2D eigenvalue weighted by atomic mass is 9.90. The van der Waals surface area contributed by atoms with E-state index in [2.05, 4.69) is 20.8 Å². The van der Waals surface area contributed by atoms with Gasteiger partial charge >= 0.3 is 6.03 Å². The average Bonchev–Trinajstić information content (AvgIpc) is 3.03. The summed E-state index contributed by atoms with van der Waals surface area (Å²) in [5.41, 5.74) is 2.39. The van der Waals surface area contributed by atoms with Crippen molar-refractivity contribution in [3.8, 4) is 0 Å². The topological polar surface area (TPSA) is 100 Å². The number of aryl methyl sites for hydroxylation is 1. The molecular weight excluding hydrogens is 334 g/mol. The van der Waals surface area contributed by atoms with E-state index >= 15 is 0 Å². The first-order valence-corrected chi connectivity index (χ1v) is 8.95. The van der Waals surface area contributed by atoms with E-state index in [4.69, 9.17) is 4.52 Å². The number of likely N-dealkylation sites (tertiary alicyclic amines) is 1. The van der Waals surface area contributed by atoms with Gasteiger partial charge in [-0.15, -0.1) is 0 Å². The maximum absolute atomic E-state index is 12.3. The first-order valence-electron chi connectivity index (χ1n) is 8.95. The van der Waals surface area contributed by atoms with Crippen LogP contribution in [0.15, 0.2) is 10.6 Å². The number of aromatic nitrogens is 2. The highest BCUT2D eigenvalue weighted by atomic mass is 16.5. The molecule has 0 aliphatic carbocycles. The molecule has 1 saturated heterocycles. The molecule has 26 heavy (non-hydrogen) atoms. The van der Waals surface area contributed by atoms with E-state index in [-0.39, 0.29) is 23.9 Å². The summed E-state index contributed by atoms with van der Waals surface area (Å²) in [5, 5.41) is 10.5. The second kappa shape index (κ2) is 7.31. The highest BCUT2D eigenvalue weighted by molar-refractivity contribution is 6.06. The molecular formula is C18H25N5O3. The lowest BCUT2D eigenvalue weighted by Gasteiger charge is -2.31. The zero-order valence-electron chi connectivity index (χ0n) is 15.6. The molecule has 8 nitrogen and oxygen atoms in total. The molecule has 1 aliphatic rings. The van der Waals surface area contributed by atoms with Crippen LogP contribution in [0, 0.1) is 6.92 Å². The van der Waals surface area contributed by atoms with Crippen LogP contribution in [0.25, 0.3) is 11.1 Å². The molecule has 0 atom stereocenters. The van der Waals surface area contributed by atoms with Gasteiger partial charge in [-0.2, -0.15) is 0 Å². The van der Waals surface area contributed by atoms with Crippen LogP contribution in [0.2, 0.25) is 0 Å². The molecule has 8 heteroatoms. The molecule has 3 amide bonds. The number of urea groups is 1. The molecule has 2 aromatic rings. The number of carbonyl (C=O) groups excluding carboxylic acids is 2. The third-order valence-corrected chi connectivity index (χ3v) is 4.65. The van der Waals surface area contributed by atoms with Gasteiger partial charge in [0.15, 0.2) is 0 Å². The number of hydrogen-bond donors (Lipinski definition) is 2. The zero-order chi connectivity index (χ0) is 18.8. The van der Waals surface area contributed by atoms with Gasteiger partial charge < -0.3 is 20.1 Å². The number of amides is 3. The van der Waals surface area contributed by atoms with Gasteiger partial charge in [0.1, 0.15) is 0 Å². The van der Waals surface area contributed by atoms with Crippen LogP contribution in [0.1, 0.15) is 54.4 Å². The van der Waals surface area contributed by atoms with Crippen molar-refractivity contribution in [1.82, 2.24) is 25.7 Å². The van der Waals surface area contributed by atoms with Crippen LogP contribution in [0.5, 0.6) is 0 Å². The maximum Gasteiger partial charge on any atom is 0.317 e. The molecule has 0 spiro atoms. The van der Waals surface area contributed by atoms with Gasteiger partial charge in [-0.25, -0.2) is 9.78 Å². The SMILES string of the molecule is CNC(=O)c1cc(C)nc2onc(C3CCN(C(=O)NC(C)C)CC3)c12. The summed E-state index contributed by atoms with van der Waals surface area (Å²) >= 11 is 0. The van der Waals surface area contributed by atoms with Crippen LogP contribution >= 0.6 is 0 Å². The van der Waals surface area contributed by atoms with Crippen LogP contribution in [0.4, 0.5) is 4.79 Å². The fourth-order valence-electron chi connectivity index (χ4n) is 3.38. The Morgan fingerprint density at radius 3 is 2.62 bits per heavy atom. The first-order chi connectivity index (χ1) is 12.4. The van der Waals surface area contributed by atoms with E-state index in [0.29, 0.717) is 35.4 Å². The lowest BCUT2D eigenvalue weighted by molar-refractivity contribution is 0.0964. The molecule has 0 aromatic carbocycles. The molecule has 3 heterocycles. The molecule has 1 fully saturated rings. The zero-order valence-corrected chi connectivity index (χ0v) is 15.6. The summed E-state index contributed by atoms with van der Waals surface area (Å²) in [6.45, 7) is 7.00. The van der Waals surface area contributed by atoms with Crippen molar-refractivity contribution < 1.29 is 14.1 Å². The molecule has 2 N–H and O–H groups in total. The average molecular weight is 359 g/mol. The molecule has 140 valence electrons. The second-order valence-electron chi connectivity index (χ2n) is 7.00. The Hall–Kier alpha value is -2.64. The van der Waals surface area contributed by atoms with Crippen LogP contribution in [0.3, 0.4) is 0 Å². The van der Waals surface area contributed by atoms with Crippen molar-refractivity contribution >= 4 is 23.0 Å². The maximum atomic E-state index is 12.3. The van der Waals surface area contributed by atoms with Crippen LogP contribution < -0.4 is 10.6 Å². The highest BCUT2D eigenvalue weighted by Gasteiger charge is 2.29. The summed E-state index contributed by atoms with van der Waals surface area (Å²) in [6, 6.07) is 1.84. The molecule has 1 aliphatic heterocycles. The van der Waals surface area contributed by atoms with Gasteiger partial charge in [0.05, 0.1) is 16.6 Å². The number of pyridine rings is 1. The van der Waals surface area contributed by atoms with Crippen LogP contribution in [-0.2, 0) is 0 Å². The summed E-state index contributed by atoms with van der Waals surface area (Å²) < 4.78 is 5.41. The monoisotopic (exact) mass is 359 g/mol. The minimum Gasteiger partial charge on any atom is -0.355 e. The number of piperidine rings is 1. The van der Waals surface area contributed by atoms with Gasteiger partial charge in [-0.3, -0.25) is 4.79 Å². The smallest absolute Gasteiger partial charge is 0.317 e. The molecule has 0 saturated carbocycles. The van der Waals surface area contributed by atoms with Gasteiger partial charge in [0.2, 0.25) is 0 Å². The van der Waals surface area contributed by atoms with E-state index in [9.17, 15) is 9.59 Å². The minimum atomic E-state index is -0.182. The Labute approximate surface area is 152 Å². The van der Waals surface area contributed by atoms with E-state index in [1.165, 1.54) is 0 Å². The second-order valence-corrected chi connectivity index (χ2v) is 7.00. The van der Waals surface area contributed by atoms with Crippen molar-refractivity contribution in [3.63, 3.8) is 0 Å². The van der Waals surface area contributed by atoms with Gasteiger partial charge in [-0.05, 0) is 39.7 Å². The third-order valence-electron chi connectivity index (χ3n) is 4.65. The van der Waals surface area contributed by atoms with Crippen molar-refractivity contribution in [2.45, 2.75) is 45.6 Å². The molecule has 3 rings (SSSR count). The fraction of sp³-hybridized carbons (Fsp3) is 0.556. The standard InChI is InChI=1S/C18H25N5O3/c1-10(2)20-18(25)23-7-5-12(6-8-23)15-14-13(16(24)19-4)9-11(3)21-17(14)26-22-15/h9-10,12H,5-8H2,1-4H3,(H,19,24)(H,20,25). The van der Waals surface area contributed by atoms with Crippen molar-refractivity contribution in [2.75, 3.05) is 20.1 Å². The first kappa shape index (κ1) is 18.2. The van der Waals surface area contributed by atoms with E-state index in [1.807, 2.05) is 25.7 Å². The Bertz CT molecular complexity index is 822. The number of carbonyl (C=O) groups is 2. The van der Waals surface area contributed by atoms with Crippen molar-refractivity contribution in [1.29, 1.82) is 0 Å². The third kappa shape index (κ3) is 3.49. The number of nitrogens with zero attached hydrogens (tertiary/aromatic N) is 3. The van der Waals surface area contributed by atoms with Gasteiger partial charge in [0.25, 0.3) is 11.6 Å². The van der Waals surface area contributed by atoms with Crippen molar-refractivity contribution in [3.05, 3.63) is 23.0 Å². The number of hydrogen-bond acceptors (Lipinski definition) is 5. The largest absolute Gasteiger partial charge is 0.355 e. The van der Waals surface area contributed by atoms with E-state index < -0.39 is 0 Å². The summed E-state index contributed by atoms with van der Waals surface area (Å²) in [4.78, 5) is 30.6. The predicted molar refractivity (Wildman–Crippen MR) is 97.1 cm³/mol. The Balaban J connectivity index is 1.84. The van der Waals surface area contributed by atoms with Gasteiger partial charge in [0, 0.05) is 37.8 Å². The summed E-state index contributed by atoms with van der Waals surface area (Å²) in [7, 11) is 1.60. The number of rotatable bonds is 3. The Morgan fingerprint density at radius 2 is 2.00 bits per heavy atom. The highest BCUT2D eigenvalue weighted by Crippen LogP contribution is 2.34. The van der Waals surface area contributed by atoms with E-state index in [1.54, 1.807) is 13.1 Å². The molecule has 0 bridgehead atoms. The number of fused-ring (bicyclic) bond motifs is 1. The number of nitrogens with one attached hydrogen (secondary N) is 2. The normalized spacial score (nSPS) is 15.5. The van der Waals surface area contributed by atoms with Crippen LogP contribution in [-0.4, -0.2) is 53.2 Å². The Kier molecular flexibility index (Phi) is 5.11. The Morgan fingerprint density at radius 1 is 1.31 bits per heavy atom. The lowest BCUT2D eigenvalue weighted by Crippen LogP contribution is -2.46. The quantitative estimate of drug-likeness (QED) is 0.875.